The van der Waals surface area contributed by atoms with E-state index in [0.29, 0.717) is 13.0 Å². The van der Waals surface area contributed by atoms with Crippen LogP contribution in [0.15, 0.2) is 30.3 Å². The predicted octanol–water partition coefficient (Wildman–Crippen LogP) is 1.09. The summed E-state index contributed by atoms with van der Waals surface area (Å²) in [6, 6.07) is 9.17. The highest BCUT2D eigenvalue weighted by atomic mass is 32.2. The highest BCUT2D eigenvalue weighted by Gasteiger charge is 2.12. The molecule has 1 radical (unpaired) electrons. The fourth-order valence-electron chi connectivity index (χ4n) is 1.55. The van der Waals surface area contributed by atoms with E-state index >= 15 is 0 Å². The molecule has 0 bridgehead atoms. The first-order chi connectivity index (χ1) is 8.38. The lowest BCUT2D eigenvalue weighted by atomic mass is 10.1. The number of rotatable bonds is 7. The zero-order chi connectivity index (χ0) is 13.6. The summed E-state index contributed by atoms with van der Waals surface area (Å²) in [5, 5.41) is 9.89. The van der Waals surface area contributed by atoms with Gasteiger partial charge in [-0.2, -0.15) is 8.42 Å². The molecule has 0 aliphatic rings. The lowest BCUT2D eigenvalue weighted by molar-refractivity contribution is 0.168. The van der Waals surface area contributed by atoms with Crippen molar-refractivity contribution < 1.29 is 18.1 Å². The van der Waals surface area contributed by atoms with Crippen LogP contribution in [0.2, 0.25) is 0 Å². The Balaban J connectivity index is 2.34. The van der Waals surface area contributed by atoms with Crippen molar-refractivity contribution in [1.82, 2.24) is 4.90 Å². The second-order valence-electron chi connectivity index (χ2n) is 4.12. The second-order valence-corrected chi connectivity index (χ2v) is 5.70. The summed E-state index contributed by atoms with van der Waals surface area (Å²) in [6.07, 6.45) is -0.408. The Morgan fingerprint density at radius 3 is 2.50 bits per heavy atom. The van der Waals surface area contributed by atoms with Crippen molar-refractivity contribution in [2.45, 2.75) is 12.5 Å². The minimum absolute atomic E-state index is 0.271. The quantitative estimate of drug-likeness (QED) is 0.727. The van der Waals surface area contributed by atoms with Gasteiger partial charge in [-0.3, -0.25) is 9.45 Å². The Kier molecular flexibility index (Phi) is 5.74. The van der Waals surface area contributed by atoms with Gasteiger partial charge in [0.05, 0.1) is 18.4 Å². The molecule has 0 amide bonds. The Morgan fingerprint density at radius 1 is 1.33 bits per heavy atom. The molecule has 0 heterocycles. The summed E-state index contributed by atoms with van der Waals surface area (Å²) in [6.45, 7) is 2.06. The minimum Gasteiger partial charge on any atom is -0.387 e. The molecule has 0 fully saturated rings. The molecule has 5 nitrogen and oxygen atoms in total. The topological polar surface area (TPSA) is 77.8 Å². The second kappa shape index (κ2) is 6.84. The van der Waals surface area contributed by atoms with Gasteiger partial charge in [-0.05, 0) is 25.6 Å². The van der Waals surface area contributed by atoms with Crippen LogP contribution in [0.5, 0.6) is 0 Å². The van der Waals surface area contributed by atoms with Crippen LogP contribution in [0.1, 0.15) is 18.1 Å². The molecule has 0 saturated heterocycles. The molecule has 101 valence electrons. The van der Waals surface area contributed by atoms with Gasteiger partial charge >= 0.3 is 0 Å². The van der Waals surface area contributed by atoms with Gasteiger partial charge in [-0.25, -0.2) is 0 Å². The van der Waals surface area contributed by atoms with Crippen molar-refractivity contribution in [3.8, 4) is 0 Å². The maximum Gasteiger partial charge on any atom is 0.264 e. The van der Waals surface area contributed by atoms with Gasteiger partial charge < -0.3 is 5.11 Å². The Bertz CT molecular complexity index is 446. The van der Waals surface area contributed by atoms with Crippen LogP contribution in [-0.4, -0.2) is 42.3 Å². The molecular weight excluding hydrogens is 254 g/mol. The molecule has 18 heavy (non-hydrogen) atoms. The van der Waals surface area contributed by atoms with Crippen LogP contribution in [0.25, 0.3) is 0 Å². The molecule has 0 aromatic heterocycles. The first-order valence-electron chi connectivity index (χ1n) is 5.62. The van der Waals surface area contributed by atoms with Crippen LogP contribution >= 0.6 is 0 Å². The van der Waals surface area contributed by atoms with Crippen LogP contribution < -0.4 is 0 Å². The molecular formula is C12H18NO4S. The van der Waals surface area contributed by atoms with E-state index in [1.165, 1.54) is 0 Å². The first kappa shape index (κ1) is 15.1. The third kappa shape index (κ3) is 6.11. The third-order valence-corrected chi connectivity index (χ3v) is 3.25. The van der Waals surface area contributed by atoms with Gasteiger partial charge in [0.25, 0.3) is 10.1 Å². The zero-order valence-electron chi connectivity index (χ0n) is 10.2. The van der Waals surface area contributed by atoms with Crippen molar-refractivity contribution in [2.75, 3.05) is 19.3 Å². The van der Waals surface area contributed by atoms with Crippen LogP contribution in [0.3, 0.4) is 0 Å². The van der Waals surface area contributed by atoms with E-state index in [9.17, 15) is 13.5 Å². The van der Waals surface area contributed by atoms with E-state index in [1.54, 1.807) is 18.5 Å². The Morgan fingerprint density at radius 2 is 1.94 bits per heavy atom. The van der Waals surface area contributed by atoms with E-state index in [2.05, 4.69) is 0 Å². The van der Waals surface area contributed by atoms with Crippen molar-refractivity contribution >= 4 is 10.1 Å². The van der Waals surface area contributed by atoms with Gasteiger partial charge in [0.15, 0.2) is 0 Å². The van der Waals surface area contributed by atoms with E-state index in [-0.39, 0.29) is 5.75 Å². The first-order valence-corrected chi connectivity index (χ1v) is 7.23. The molecule has 0 unspecified atom stereocenters. The van der Waals surface area contributed by atoms with Crippen LogP contribution in [-0.2, 0) is 10.1 Å². The monoisotopic (exact) mass is 272 g/mol. The van der Waals surface area contributed by atoms with Gasteiger partial charge in [-0.1, -0.05) is 30.3 Å². The number of benzene rings is 1. The number of hydrogen-bond donors (Lipinski definition) is 2. The molecule has 6 heteroatoms. The van der Waals surface area contributed by atoms with Crippen LogP contribution in [0, 0.1) is 6.54 Å². The average Bonchev–Trinajstić information content (AvgIpc) is 2.28. The fraction of sp³-hybridized carbons (Fsp3) is 0.417. The number of aliphatic hydroxyl groups excluding tert-OH is 1. The number of aliphatic hydroxyl groups is 1. The summed E-state index contributed by atoms with van der Waals surface area (Å²) in [5.41, 5.74) is 0.777. The summed E-state index contributed by atoms with van der Waals surface area (Å²) in [5.74, 6) is -0.271. The highest BCUT2D eigenvalue weighted by Crippen LogP contribution is 2.16. The van der Waals surface area contributed by atoms with Crippen molar-refractivity contribution in [3.05, 3.63) is 42.4 Å². The van der Waals surface area contributed by atoms with Gasteiger partial charge in [0.2, 0.25) is 0 Å². The third-order valence-electron chi connectivity index (χ3n) is 2.45. The average molecular weight is 272 g/mol. The van der Waals surface area contributed by atoms with E-state index in [0.717, 1.165) is 5.56 Å². The van der Waals surface area contributed by atoms with Crippen LogP contribution in [0.4, 0.5) is 0 Å². The van der Waals surface area contributed by atoms with Crippen molar-refractivity contribution in [3.63, 3.8) is 0 Å². The summed E-state index contributed by atoms with van der Waals surface area (Å²) < 4.78 is 29.7. The minimum atomic E-state index is -3.90. The molecule has 0 saturated carbocycles. The largest absolute Gasteiger partial charge is 0.387 e. The van der Waals surface area contributed by atoms with Crippen molar-refractivity contribution in [2.24, 2.45) is 0 Å². The van der Waals surface area contributed by atoms with E-state index in [4.69, 9.17) is 4.55 Å². The molecule has 1 aromatic carbocycles. The maximum atomic E-state index is 10.5. The zero-order valence-corrected chi connectivity index (χ0v) is 11.0. The predicted molar refractivity (Wildman–Crippen MR) is 69.4 cm³/mol. The normalized spacial score (nSPS) is 13.8. The summed E-state index contributed by atoms with van der Waals surface area (Å²) in [7, 11) is -2.16. The summed E-state index contributed by atoms with van der Waals surface area (Å²) in [4.78, 5) is 1.71. The fourth-order valence-corrected chi connectivity index (χ4v) is 2.04. The lowest BCUT2D eigenvalue weighted by Gasteiger charge is -2.19. The number of hydrogen-bond acceptors (Lipinski definition) is 4. The van der Waals surface area contributed by atoms with Crippen molar-refractivity contribution in [1.29, 1.82) is 0 Å². The molecule has 0 aliphatic heterocycles. The smallest absolute Gasteiger partial charge is 0.264 e. The molecule has 1 atom stereocenters. The van der Waals surface area contributed by atoms with E-state index in [1.807, 2.05) is 30.3 Å². The lowest BCUT2D eigenvalue weighted by Crippen LogP contribution is -2.22. The molecule has 0 aliphatic carbocycles. The van der Waals surface area contributed by atoms with E-state index < -0.39 is 16.2 Å². The van der Waals surface area contributed by atoms with Gasteiger partial charge in [0, 0.05) is 0 Å². The Hall–Kier alpha value is -0.950. The molecule has 1 aromatic rings. The van der Waals surface area contributed by atoms with Gasteiger partial charge in [-0.15, -0.1) is 0 Å². The maximum absolute atomic E-state index is 10.5. The highest BCUT2D eigenvalue weighted by molar-refractivity contribution is 7.85. The standard InChI is InChI=1S/C12H18NO4S/c1-13(8-5-9-18(15,16)17)10-12(14)11-6-3-2-4-7-11/h2-4,6-7,10,12,14H,5,8-9H2,1H3,(H,15,16,17)/t12-/m0/s1. The molecule has 1 rings (SSSR count). The van der Waals surface area contributed by atoms with Gasteiger partial charge in [0.1, 0.15) is 0 Å². The SMILES string of the molecule is CN([CH][C@H](O)c1ccccc1)CCCS(=O)(=O)O. The Labute approximate surface area is 108 Å². The molecule has 0 spiro atoms. The molecule has 2 N–H and O–H groups in total. The number of nitrogens with zero attached hydrogens (tertiary/aromatic N) is 1. The summed E-state index contributed by atoms with van der Waals surface area (Å²) >= 11 is 0. The number of likely N-dealkylation sites (N-methyl/N-ethyl adjacent to an activating group) is 1.